The first-order chi connectivity index (χ1) is 8.50. The summed E-state index contributed by atoms with van der Waals surface area (Å²) < 4.78 is 7.07. The summed E-state index contributed by atoms with van der Waals surface area (Å²) >= 11 is 3.48. The molecule has 1 aliphatic rings. The van der Waals surface area contributed by atoms with Crippen LogP contribution in [-0.4, -0.2) is 23.4 Å². The summed E-state index contributed by atoms with van der Waals surface area (Å²) in [6.45, 7) is 4.46. The Balaban J connectivity index is 2.02. The smallest absolute Gasteiger partial charge is 0.0631 e. The van der Waals surface area contributed by atoms with E-state index in [0.29, 0.717) is 0 Å². The number of ether oxygens (including phenoxy) is 1. The Morgan fingerprint density at radius 2 is 2.28 bits per heavy atom. The third-order valence-electron chi connectivity index (χ3n) is 3.64. The Bertz CT molecular complexity index is 403. The van der Waals surface area contributed by atoms with Crippen LogP contribution in [0.4, 0.5) is 0 Å². The molecule has 2 nitrogen and oxygen atoms in total. The molecule has 0 aliphatic carbocycles. The molecule has 1 heterocycles. The summed E-state index contributed by atoms with van der Waals surface area (Å²) in [5, 5.41) is 9.59. The highest BCUT2D eigenvalue weighted by Gasteiger charge is 2.33. The van der Waals surface area contributed by atoms with E-state index in [1.54, 1.807) is 0 Å². The topological polar surface area (TPSA) is 29.5 Å². The van der Waals surface area contributed by atoms with Crippen LogP contribution in [0.3, 0.4) is 0 Å². The zero-order valence-corrected chi connectivity index (χ0v) is 12.6. The quantitative estimate of drug-likeness (QED) is 0.914. The molecule has 0 aromatic heterocycles. The van der Waals surface area contributed by atoms with Crippen LogP contribution in [0, 0.1) is 0 Å². The van der Waals surface area contributed by atoms with Gasteiger partial charge in [0.2, 0.25) is 0 Å². The molecule has 0 bridgehead atoms. The van der Waals surface area contributed by atoms with Crippen LogP contribution in [0.25, 0.3) is 0 Å². The van der Waals surface area contributed by atoms with Crippen molar-refractivity contribution in [3.63, 3.8) is 0 Å². The van der Waals surface area contributed by atoms with E-state index in [9.17, 15) is 5.11 Å². The molecule has 2 unspecified atom stereocenters. The fourth-order valence-electron chi connectivity index (χ4n) is 2.64. The van der Waals surface area contributed by atoms with Gasteiger partial charge in [-0.15, -0.1) is 0 Å². The first-order valence-corrected chi connectivity index (χ1v) is 7.33. The van der Waals surface area contributed by atoms with Crippen molar-refractivity contribution in [2.75, 3.05) is 6.61 Å². The molecular formula is C15H21BrO2. The number of aliphatic hydroxyl groups is 1. The van der Waals surface area contributed by atoms with Crippen molar-refractivity contribution in [2.24, 2.45) is 0 Å². The van der Waals surface area contributed by atoms with Gasteiger partial charge in [-0.2, -0.15) is 0 Å². The van der Waals surface area contributed by atoms with Crippen molar-refractivity contribution in [2.45, 2.75) is 50.7 Å². The van der Waals surface area contributed by atoms with Crippen molar-refractivity contribution in [1.29, 1.82) is 0 Å². The van der Waals surface area contributed by atoms with E-state index < -0.39 is 0 Å². The molecule has 1 aliphatic heterocycles. The van der Waals surface area contributed by atoms with Crippen LogP contribution in [0.5, 0.6) is 0 Å². The van der Waals surface area contributed by atoms with E-state index >= 15 is 0 Å². The molecule has 0 radical (unpaired) electrons. The summed E-state index contributed by atoms with van der Waals surface area (Å²) in [6, 6.07) is 8.18. The second-order valence-electron chi connectivity index (χ2n) is 5.71. The van der Waals surface area contributed by atoms with E-state index in [1.807, 2.05) is 12.1 Å². The van der Waals surface area contributed by atoms with Crippen LogP contribution < -0.4 is 0 Å². The number of benzene rings is 1. The van der Waals surface area contributed by atoms with Crippen molar-refractivity contribution >= 4 is 15.9 Å². The number of aliphatic hydroxyl groups excluding tert-OH is 1. The predicted molar refractivity (Wildman–Crippen MR) is 76.8 cm³/mol. The van der Waals surface area contributed by atoms with E-state index in [2.05, 4.69) is 41.9 Å². The van der Waals surface area contributed by atoms with Gasteiger partial charge >= 0.3 is 0 Å². The van der Waals surface area contributed by atoms with Gasteiger partial charge in [-0.05, 0) is 50.8 Å². The lowest BCUT2D eigenvalue weighted by Gasteiger charge is -2.22. The van der Waals surface area contributed by atoms with Gasteiger partial charge in [0.1, 0.15) is 0 Å². The van der Waals surface area contributed by atoms with Gasteiger partial charge in [0.25, 0.3) is 0 Å². The SMILES string of the molecule is CC1(C)CCC(CC(CO)c2cccc(Br)c2)O1. The fraction of sp³-hybridized carbons (Fsp3) is 0.600. The van der Waals surface area contributed by atoms with E-state index in [0.717, 1.165) is 23.7 Å². The van der Waals surface area contributed by atoms with E-state index in [1.165, 1.54) is 5.56 Å². The standard InChI is InChI=1S/C15H21BrO2/c1-15(2)7-6-14(18-15)9-12(10-17)11-4-3-5-13(16)8-11/h3-5,8,12,14,17H,6-7,9-10H2,1-2H3. The Labute approximate surface area is 117 Å². The average molecular weight is 313 g/mol. The molecule has 1 aromatic carbocycles. The lowest BCUT2D eigenvalue weighted by atomic mass is 9.93. The van der Waals surface area contributed by atoms with Crippen molar-refractivity contribution in [3.8, 4) is 0 Å². The molecule has 0 saturated carbocycles. The maximum Gasteiger partial charge on any atom is 0.0631 e. The Morgan fingerprint density at radius 1 is 1.50 bits per heavy atom. The maximum atomic E-state index is 9.59. The van der Waals surface area contributed by atoms with Crippen molar-refractivity contribution < 1.29 is 9.84 Å². The van der Waals surface area contributed by atoms with Crippen LogP contribution in [0.1, 0.15) is 44.6 Å². The minimum Gasteiger partial charge on any atom is -0.396 e. The number of rotatable bonds is 4. The summed E-state index contributed by atoms with van der Waals surface area (Å²) in [5.41, 5.74) is 1.18. The van der Waals surface area contributed by atoms with Gasteiger partial charge in [0, 0.05) is 10.4 Å². The molecule has 0 amide bonds. The first-order valence-electron chi connectivity index (χ1n) is 6.54. The lowest BCUT2D eigenvalue weighted by Crippen LogP contribution is -2.22. The Morgan fingerprint density at radius 3 is 2.83 bits per heavy atom. The molecule has 100 valence electrons. The lowest BCUT2D eigenvalue weighted by molar-refractivity contribution is -0.0229. The van der Waals surface area contributed by atoms with Gasteiger partial charge in [-0.1, -0.05) is 28.1 Å². The predicted octanol–water partition coefficient (Wildman–Crippen LogP) is 3.87. The minimum absolute atomic E-state index is 0.00193. The third kappa shape index (κ3) is 3.56. The molecule has 2 rings (SSSR count). The van der Waals surface area contributed by atoms with E-state index in [-0.39, 0.29) is 24.2 Å². The van der Waals surface area contributed by atoms with Gasteiger partial charge < -0.3 is 9.84 Å². The van der Waals surface area contributed by atoms with E-state index in [4.69, 9.17) is 4.74 Å². The second kappa shape index (κ2) is 5.72. The molecule has 3 heteroatoms. The highest BCUT2D eigenvalue weighted by atomic mass is 79.9. The Kier molecular flexibility index (Phi) is 4.46. The summed E-state index contributed by atoms with van der Waals surface area (Å²) in [4.78, 5) is 0. The van der Waals surface area contributed by atoms with Gasteiger partial charge in [-0.3, -0.25) is 0 Å². The summed E-state index contributed by atoms with van der Waals surface area (Å²) in [6.07, 6.45) is 3.37. The molecular weight excluding hydrogens is 292 g/mol. The molecule has 1 saturated heterocycles. The van der Waals surface area contributed by atoms with Gasteiger partial charge in [-0.25, -0.2) is 0 Å². The monoisotopic (exact) mass is 312 g/mol. The van der Waals surface area contributed by atoms with Crippen molar-refractivity contribution in [1.82, 2.24) is 0 Å². The molecule has 1 fully saturated rings. The fourth-order valence-corrected chi connectivity index (χ4v) is 3.05. The van der Waals surface area contributed by atoms with Crippen LogP contribution in [-0.2, 0) is 4.74 Å². The first kappa shape index (κ1) is 14.0. The normalized spacial score (nSPS) is 24.1. The largest absolute Gasteiger partial charge is 0.396 e. The Hall–Kier alpha value is -0.380. The molecule has 0 spiro atoms. The molecule has 2 atom stereocenters. The average Bonchev–Trinajstić information content (AvgIpc) is 2.65. The highest BCUT2D eigenvalue weighted by molar-refractivity contribution is 9.10. The van der Waals surface area contributed by atoms with Gasteiger partial charge in [0.15, 0.2) is 0 Å². The molecule has 1 aromatic rings. The molecule has 18 heavy (non-hydrogen) atoms. The van der Waals surface area contributed by atoms with Crippen LogP contribution in [0.15, 0.2) is 28.7 Å². The number of halogens is 1. The zero-order valence-electron chi connectivity index (χ0n) is 11.0. The molecule has 1 N–H and O–H groups in total. The minimum atomic E-state index is 0.00193. The summed E-state index contributed by atoms with van der Waals surface area (Å²) in [7, 11) is 0. The maximum absolute atomic E-state index is 9.59. The number of hydrogen-bond acceptors (Lipinski definition) is 2. The number of hydrogen-bond donors (Lipinski definition) is 1. The van der Waals surface area contributed by atoms with Gasteiger partial charge in [0.05, 0.1) is 18.3 Å². The summed E-state index contributed by atoms with van der Waals surface area (Å²) in [5.74, 6) is 0.168. The van der Waals surface area contributed by atoms with Crippen LogP contribution >= 0.6 is 15.9 Å². The second-order valence-corrected chi connectivity index (χ2v) is 6.62. The third-order valence-corrected chi connectivity index (χ3v) is 4.14. The van der Waals surface area contributed by atoms with Crippen molar-refractivity contribution in [3.05, 3.63) is 34.3 Å². The zero-order chi connectivity index (χ0) is 13.2. The van der Waals surface area contributed by atoms with Crippen LogP contribution in [0.2, 0.25) is 0 Å². The highest BCUT2D eigenvalue weighted by Crippen LogP contribution is 2.35.